The number of nitrogens with zero attached hydrogens (tertiary/aromatic N) is 3. The lowest BCUT2D eigenvalue weighted by molar-refractivity contribution is 0.0194. The molecule has 3 aromatic rings. The Morgan fingerprint density at radius 3 is 2.45 bits per heavy atom. The molecule has 0 fully saturated rings. The second-order valence-corrected chi connectivity index (χ2v) is 7.91. The highest BCUT2D eigenvalue weighted by Crippen LogP contribution is 2.33. The van der Waals surface area contributed by atoms with Gasteiger partial charge in [0, 0.05) is 19.7 Å². The van der Waals surface area contributed by atoms with Crippen LogP contribution in [0.4, 0.5) is 4.39 Å². The number of rotatable bonds is 13. The van der Waals surface area contributed by atoms with Crippen molar-refractivity contribution in [1.29, 1.82) is 0 Å². The highest BCUT2D eigenvalue weighted by Gasteiger charge is 2.24. The molecule has 1 N–H and O–H groups in total. The Hall–Kier alpha value is -2.74. The Balaban J connectivity index is 2.01. The Morgan fingerprint density at radius 1 is 1.06 bits per heavy atom. The van der Waals surface area contributed by atoms with E-state index < -0.39 is 11.9 Å². The third-order valence-corrected chi connectivity index (χ3v) is 5.30. The van der Waals surface area contributed by atoms with E-state index in [1.807, 2.05) is 44.2 Å². The number of hydrogen-bond acceptors (Lipinski definition) is 5. The van der Waals surface area contributed by atoms with Crippen LogP contribution in [-0.4, -0.2) is 52.2 Å². The maximum atomic E-state index is 14.5. The molecule has 1 atom stereocenters. The molecular weight excluding hydrogens is 421 g/mol. The van der Waals surface area contributed by atoms with Gasteiger partial charge in [0.05, 0.1) is 29.7 Å². The molecule has 1 unspecified atom stereocenters. The topological polar surface area (TPSA) is 59.8 Å². The molecule has 0 amide bonds. The molecule has 0 aliphatic carbocycles. The summed E-state index contributed by atoms with van der Waals surface area (Å²) in [5.41, 5.74) is 2.61. The van der Waals surface area contributed by atoms with Crippen LogP contribution in [-0.2, 0) is 17.7 Å². The molecule has 0 saturated carbocycles. The average Bonchev–Trinajstić information content (AvgIpc) is 3.17. The normalized spacial score (nSPS) is 12.3. The van der Waals surface area contributed by atoms with Gasteiger partial charge in [0.15, 0.2) is 11.6 Å². The van der Waals surface area contributed by atoms with Gasteiger partial charge < -0.3 is 14.6 Å². The largest absolute Gasteiger partial charge is 0.435 e. The third kappa shape index (κ3) is 6.63. The average molecular weight is 456 g/mol. The van der Waals surface area contributed by atoms with Gasteiger partial charge in [-0.2, -0.15) is 5.10 Å². The van der Waals surface area contributed by atoms with Crippen LogP contribution in [0, 0.1) is 5.82 Å². The maximum absolute atomic E-state index is 14.5. The summed E-state index contributed by atoms with van der Waals surface area (Å²) in [5.74, 6) is 0.209. The molecule has 0 bridgehead atoms. The second-order valence-electron chi connectivity index (χ2n) is 7.91. The monoisotopic (exact) mass is 455 g/mol. The van der Waals surface area contributed by atoms with Crippen LogP contribution >= 0.6 is 0 Å². The van der Waals surface area contributed by atoms with Crippen LogP contribution in [0.25, 0.3) is 5.69 Å². The predicted octanol–water partition coefficient (Wildman–Crippen LogP) is 4.98. The van der Waals surface area contributed by atoms with Crippen molar-refractivity contribution in [3.05, 3.63) is 71.7 Å². The van der Waals surface area contributed by atoms with E-state index >= 15 is 0 Å². The number of hydrogen-bond donors (Lipinski definition) is 1. The number of benzene rings is 2. The van der Waals surface area contributed by atoms with E-state index in [4.69, 9.17) is 14.6 Å². The molecule has 3 rings (SSSR count). The van der Waals surface area contributed by atoms with E-state index in [0.29, 0.717) is 38.6 Å². The van der Waals surface area contributed by atoms with Gasteiger partial charge in [-0.3, -0.25) is 4.90 Å². The van der Waals surface area contributed by atoms with Crippen molar-refractivity contribution < 1.29 is 19.0 Å². The molecule has 178 valence electrons. The Labute approximate surface area is 195 Å². The summed E-state index contributed by atoms with van der Waals surface area (Å²) in [6.45, 7) is 8.70. The summed E-state index contributed by atoms with van der Waals surface area (Å²) >= 11 is 0. The molecule has 0 aliphatic heterocycles. The third-order valence-electron chi connectivity index (χ3n) is 5.30. The predicted molar refractivity (Wildman–Crippen MR) is 127 cm³/mol. The van der Waals surface area contributed by atoms with E-state index in [9.17, 15) is 9.50 Å². The van der Waals surface area contributed by atoms with Gasteiger partial charge in [-0.15, -0.1) is 0 Å². The highest BCUT2D eigenvalue weighted by molar-refractivity contribution is 5.44. The first-order valence-electron chi connectivity index (χ1n) is 11.6. The van der Waals surface area contributed by atoms with Crippen molar-refractivity contribution in [3.63, 3.8) is 0 Å². The minimum Gasteiger partial charge on any atom is -0.435 e. The van der Waals surface area contributed by atoms with Crippen LogP contribution in [0.3, 0.4) is 0 Å². The van der Waals surface area contributed by atoms with Gasteiger partial charge >= 0.3 is 0 Å². The fourth-order valence-corrected chi connectivity index (χ4v) is 3.78. The number of halogens is 1. The van der Waals surface area contributed by atoms with Crippen molar-refractivity contribution in [2.24, 2.45) is 0 Å². The lowest BCUT2D eigenvalue weighted by atomic mass is 10.1. The number of aliphatic hydroxyl groups is 1. The first-order valence-corrected chi connectivity index (χ1v) is 11.6. The van der Waals surface area contributed by atoms with Crippen LogP contribution in [0.15, 0.2) is 54.6 Å². The minimum atomic E-state index is -0.596. The van der Waals surface area contributed by atoms with E-state index in [2.05, 4.69) is 11.8 Å². The highest BCUT2D eigenvalue weighted by atomic mass is 19.1. The zero-order valence-corrected chi connectivity index (χ0v) is 19.7. The molecule has 0 spiro atoms. The summed E-state index contributed by atoms with van der Waals surface area (Å²) in [6, 6.07) is 16.1. The summed E-state index contributed by atoms with van der Waals surface area (Å²) in [4.78, 5) is 2.17. The molecule has 1 heterocycles. The van der Waals surface area contributed by atoms with Gasteiger partial charge in [0.1, 0.15) is 0 Å². The zero-order valence-electron chi connectivity index (χ0n) is 19.7. The van der Waals surface area contributed by atoms with Gasteiger partial charge in [-0.1, -0.05) is 44.2 Å². The molecular formula is C26H34FN3O3. The minimum absolute atomic E-state index is 0.150. The second kappa shape index (κ2) is 12.5. The molecule has 2 aromatic carbocycles. The molecule has 6 nitrogen and oxygen atoms in total. The van der Waals surface area contributed by atoms with Crippen molar-refractivity contribution in [2.75, 3.05) is 26.3 Å². The molecule has 33 heavy (non-hydrogen) atoms. The standard InChI is InChI=1S/C26H34FN3O3/c1-4-16-29(17-21(31)19-32-6-3)18-22-24(5-2)28-30(20-12-8-7-9-13-20)26(22)33-25-15-11-10-14-23(25)27/h7-15,21,31H,4-6,16-19H2,1-3H3. The number of para-hydroxylation sites is 2. The molecule has 0 radical (unpaired) electrons. The van der Waals surface area contributed by atoms with Crippen LogP contribution in [0.5, 0.6) is 11.6 Å². The van der Waals surface area contributed by atoms with Gasteiger partial charge in [-0.25, -0.2) is 9.07 Å². The van der Waals surface area contributed by atoms with E-state index in [1.54, 1.807) is 22.9 Å². The summed E-state index contributed by atoms with van der Waals surface area (Å²) in [6.07, 6.45) is 1.03. The van der Waals surface area contributed by atoms with Crippen molar-refractivity contribution >= 4 is 0 Å². The van der Waals surface area contributed by atoms with E-state index in [-0.39, 0.29) is 5.75 Å². The van der Waals surface area contributed by atoms with Crippen molar-refractivity contribution in [2.45, 2.75) is 46.3 Å². The number of aryl methyl sites for hydroxylation is 1. The van der Waals surface area contributed by atoms with E-state index in [1.165, 1.54) is 6.07 Å². The maximum Gasteiger partial charge on any atom is 0.227 e. The fourth-order valence-electron chi connectivity index (χ4n) is 3.78. The SMILES string of the molecule is CCCN(Cc1c(CC)nn(-c2ccccc2)c1Oc1ccccc1F)CC(O)COCC. The molecule has 7 heteroatoms. The Morgan fingerprint density at radius 2 is 1.79 bits per heavy atom. The molecule has 0 aliphatic rings. The fraction of sp³-hybridized carbons (Fsp3) is 0.423. The van der Waals surface area contributed by atoms with Gasteiger partial charge in [0.2, 0.25) is 5.88 Å². The number of aromatic nitrogens is 2. The van der Waals surface area contributed by atoms with Crippen LogP contribution < -0.4 is 4.74 Å². The summed E-state index contributed by atoms with van der Waals surface area (Å²) in [7, 11) is 0. The zero-order chi connectivity index (χ0) is 23.6. The number of aliphatic hydroxyl groups excluding tert-OH is 1. The molecule has 1 aromatic heterocycles. The lowest BCUT2D eigenvalue weighted by Gasteiger charge is -2.25. The van der Waals surface area contributed by atoms with Crippen LogP contribution in [0.1, 0.15) is 38.4 Å². The molecule has 0 saturated heterocycles. The first-order chi connectivity index (χ1) is 16.1. The number of ether oxygens (including phenoxy) is 2. The van der Waals surface area contributed by atoms with E-state index in [0.717, 1.165) is 29.9 Å². The Kier molecular flexibility index (Phi) is 9.42. The quantitative estimate of drug-likeness (QED) is 0.394. The first kappa shape index (κ1) is 24.9. The van der Waals surface area contributed by atoms with Crippen molar-refractivity contribution in [1.82, 2.24) is 14.7 Å². The van der Waals surface area contributed by atoms with Gasteiger partial charge in [-0.05, 0) is 50.6 Å². The summed E-state index contributed by atoms with van der Waals surface area (Å²) in [5, 5.41) is 15.3. The summed E-state index contributed by atoms with van der Waals surface area (Å²) < 4.78 is 27.8. The van der Waals surface area contributed by atoms with Crippen LogP contribution in [0.2, 0.25) is 0 Å². The Bertz CT molecular complexity index is 994. The van der Waals surface area contributed by atoms with Gasteiger partial charge in [0.25, 0.3) is 0 Å². The lowest BCUT2D eigenvalue weighted by Crippen LogP contribution is -2.35. The van der Waals surface area contributed by atoms with Crippen molar-refractivity contribution in [3.8, 4) is 17.3 Å². The smallest absolute Gasteiger partial charge is 0.227 e.